The molecular formula is C25H17OS+. The first kappa shape index (κ1) is 15.1. The van der Waals surface area contributed by atoms with Crippen LogP contribution in [0, 0.1) is 0 Å². The molecule has 1 heterocycles. The number of benzene rings is 4. The highest BCUT2D eigenvalue weighted by atomic mass is 32.1. The van der Waals surface area contributed by atoms with Crippen molar-refractivity contribution in [3.63, 3.8) is 0 Å². The summed E-state index contributed by atoms with van der Waals surface area (Å²) in [4.78, 5) is 0.985. The van der Waals surface area contributed by atoms with Crippen molar-refractivity contribution in [2.75, 3.05) is 0 Å². The van der Waals surface area contributed by atoms with Gasteiger partial charge in [-0.15, -0.1) is 12.6 Å². The molecule has 0 radical (unpaired) electrons. The number of thiol groups is 1. The van der Waals surface area contributed by atoms with Crippen LogP contribution in [0.4, 0.5) is 0 Å². The van der Waals surface area contributed by atoms with Crippen molar-refractivity contribution in [3.8, 4) is 22.6 Å². The largest absolute Gasteiger partial charge is 0.546 e. The summed E-state index contributed by atoms with van der Waals surface area (Å²) in [6.07, 6.45) is 0. The van der Waals surface area contributed by atoms with E-state index in [1.165, 1.54) is 33.4 Å². The highest BCUT2D eigenvalue weighted by Crippen LogP contribution is 2.62. The first-order valence-electron chi connectivity index (χ1n) is 9.14. The Labute approximate surface area is 163 Å². The van der Waals surface area contributed by atoms with E-state index in [4.69, 9.17) is 4.74 Å². The Morgan fingerprint density at radius 1 is 0.556 bits per heavy atom. The van der Waals surface area contributed by atoms with Gasteiger partial charge in [0.2, 0.25) is 0 Å². The van der Waals surface area contributed by atoms with Gasteiger partial charge in [-0.25, -0.2) is 0 Å². The smallest absolute Gasteiger partial charge is 0.265 e. The van der Waals surface area contributed by atoms with E-state index in [1.54, 1.807) is 0 Å². The highest BCUT2D eigenvalue weighted by Gasteiger charge is 2.53. The highest BCUT2D eigenvalue weighted by molar-refractivity contribution is 7.80. The van der Waals surface area contributed by atoms with E-state index in [0.29, 0.717) is 0 Å². The van der Waals surface area contributed by atoms with Gasteiger partial charge < -0.3 is 4.74 Å². The minimum absolute atomic E-state index is 0.348. The van der Waals surface area contributed by atoms with Crippen molar-refractivity contribution in [3.05, 3.63) is 113 Å². The first-order chi connectivity index (χ1) is 13.3. The third-order valence-corrected chi connectivity index (χ3v) is 6.16. The monoisotopic (exact) mass is 365 g/mol. The number of fused-ring (bicyclic) bond motifs is 9. The molecule has 0 aromatic heterocycles. The normalized spacial score (nSPS) is 14.7. The standard InChI is InChI=1S/C25H16OS/c27-16-13-14-18-17-7-1-2-8-19(17)25(22(18)15-16)20-9-3-5-11-23(20)26-24-12-6-4-10-21(24)25/h1-15,27H/p+1. The molecule has 0 amide bonds. The maximum Gasteiger partial charge on any atom is 0.265 e. The zero-order valence-corrected chi connectivity index (χ0v) is 15.4. The van der Waals surface area contributed by atoms with Crippen molar-refractivity contribution in [2.24, 2.45) is 0 Å². The molecule has 1 spiro atoms. The molecular weight excluding hydrogens is 348 g/mol. The lowest BCUT2D eigenvalue weighted by molar-refractivity contribution is 0.179. The summed E-state index contributed by atoms with van der Waals surface area (Å²) in [5.74, 6) is 2.09. The molecule has 0 bridgehead atoms. The molecule has 128 valence electrons. The molecule has 27 heavy (non-hydrogen) atoms. The van der Waals surface area contributed by atoms with Crippen LogP contribution >= 0.6 is 12.6 Å². The Hall–Kier alpha value is -2.97. The molecule has 2 aliphatic rings. The molecule has 6 rings (SSSR count). The van der Waals surface area contributed by atoms with Crippen LogP contribution in [0.25, 0.3) is 11.1 Å². The number of hydrogen-bond acceptors (Lipinski definition) is 1. The maximum absolute atomic E-state index is 4.98. The topological polar surface area (TPSA) is 12.8 Å². The predicted octanol–water partition coefficient (Wildman–Crippen LogP) is 6.31. The van der Waals surface area contributed by atoms with Gasteiger partial charge in [0.05, 0.1) is 16.5 Å². The van der Waals surface area contributed by atoms with Crippen molar-refractivity contribution >= 4 is 12.6 Å². The fourth-order valence-corrected chi connectivity index (χ4v) is 5.10. The quantitative estimate of drug-likeness (QED) is 0.239. The van der Waals surface area contributed by atoms with Gasteiger partial charge >= 0.3 is 0 Å². The third kappa shape index (κ3) is 1.81. The van der Waals surface area contributed by atoms with E-state index in [0.717, 1.165) is 16.4 Å². The summed E-state index contributed by atoms with van der Waals surface area (Å²) in [5, 5.41) is 0. The Morgan fingerprint density at radius 3 is 1.81 bits per heavy atom. The number of hydrogen-bond donors (Lipinski definition) is 1. The molecule has 4 aromatic carbocycles. The van der Waals surface area contributed by atoms with Crippen LogP contribution in [0.2, 0.25) is 0 Å². The van der Waals surface area contributed by atoms with Crippen molar-refractivity contribution in [1.29, 1.82) is 0 Å². The average molecular weight is 365 g/mol. The molecule has 1 nitrogen and oxygen atoms in total. The second-order valence-electron chi connectivity index (χ2n) is 7.17. The summed E-state index contributed by atoms with van der Waals surface area (Å²) in [6, 6.07) is 32.4. The maximum atomic E-state index is 4.98. The second-order valence-corrected chi connectivity index (χ2v) is 7.69. The van der Waals surface area contributed by atoms with Crippen LogP contribution in [-0.2, 0) is 5.41 Å². The molecule has 0 atom stereocenters. The van der Waals surface area contributed by atoms with Crippen LogP contribution in [0.5, 0.6) is 11.5 Å². The lowest BCUT2D eigenvalue weighted by atomic mass is 9.66. The molecule has 4 aromatic rings. The Bertz CT molecular complexity index is 1180. The zero-order chi connectivity index (χ0) is 18.0. The Kier molecular flexibility index (Phi) is 2.95. The molecule has 1 aliphatic carbocycles. The van der Waals surface area contributed by atoms with Gasteiger partial charge in [0.15, 0.2) is 0 Å². The molecule has 1 N–H and O–H groups in total. The molecule has 0 saturated heterocycles. The minimum Gasteiger partial charge on any atom is -0.546 e. The van der Waals surface area contributed by atoms with Crippen LogP contribution in [0.15, 0.2) is 95.9 Å². The van der Waals surface area contributed by atoms with Gasteiger partial charge in [-0.3, -0.25) is 0 Å². The molecule has 0 unspecified atom stereocenters. The average Bonchev–Trinajstić information content (AvgIpc) is 2.99. The van der Waals surface area contributed by atoms with Crippen molar-refractivity contribution < 1.29 is 4.74 Å². The Balaban J connectivity index is 1.87. The van der Waals surface area contributed by atoms with Gasteiger partial charge in [-0.2, -0.15) is 0 Å². The number of aromatic hydroxyl groups is 2. The number of rotatable bonds is 0. The predicted molar refractivity (Wildman–Crippen MR) is 112 cm³/mol. The summed E-state index contributed by atoms with van der Waals surface area (Å²) in [5.41, 5.74) is 7.35. The zero-order valence-electron chi connectivity index (χ0n) is 14.6. The fourth-order valence-electron chi connectivity index (χ4n) is 4.90. The van der Waals surface area contributed by atoms with Crippen LogP contribution in [0.1, 0.15) is 22.3 Å². The van der Waals surface area contributed by atoms with Gasteiger partial charge in [0, 0.05) is 17.0 Å². The molecule has 2 heteroatoms. The first-order valence-corrected chi connectivity index (χ1v) is 9.59. The van der Waals surface area contributed by atoms with E-state index >= 15 is 0 Å². The lowest BCUT2D eigenvalue weighted by Crippen LogP contribution is -2.31. The summed E-state index contributed by atoms with van der Waals surface area (Å²) >= 11 is 4.68. The SMILES string of the molecule is Sc1ccc2c(c1)C1(c3ccccc3[OH+]c3ccccc31)c1ccccc1-2. The van der Waals surface area contributed by atoms with Gasteiger partial charge in [0.25, 0.3) is 11.5 Å². The van der Waals surface area contributed by atoms with Crippen LogP contribution in [-0.4, -0.2) is 4.74 Å². The van der Waals surface area contributed by atoms with E-state index < -0.39 is 0 Å². The lowest BCUT2D eigenvalue weighted by Gasteiger charge is -2.36. The fraction of sp³-hybridized carbons (Fsp3) is 0.0400. The van der Waals surface area contributed by atoms with Crippen molar-refractivity contribution in [1.82, 2.24) is 0 Å². The minimum atomic E-state index is -0.348. The van der Waals surface area contributed by atoms with E-state index in [2.05, 4.69) is 104 Å². The number of ether oxygens (including phenoxy) is 1. The van der Waals surface area contributed by atoms with Gasteiger partial charge in [-0.05, 0) is 46.5 Å². The Morgan fingerprint density at radius 2 is 1.11 bits per heavy atom. The van der Waals surface area contributed by atoms with Gasteiger partial charge in [-0.1, -0.05) is 54.6 Å². The van der Waals surface area contributed by atoms with Gasteiger partial charge in [0.1, 0.15) is 0 Å². The summed E-state index contributed by atoms with van der Waals surface area (Å²) < 4.78 is 4.98. The molecule has 0 fully saturated rings. The van der Waals surface area contributed by atoms with E-state index in [9.17, 15) is 0 Å². The molecule has 1 aliphatic heterocycles. The summed E-state index contributed by atoms with van der Waals surface area (Å²) in [7, 11) is 0. The third-order valence-electron chi connectivity index (χ3n) is 5.89. The number of para-hydroxylation sites is 2. The van der Waals surface area contributed by atoms with E-state index in [1.807, 2.05) is 0 Å². The summed E-state index contributed by atoms with van der Waals surface area (Å²) in [6.45, 7) is 0. The van der Waals surface area contributed by atoms with Crippen LogP contribution < -0.4 is 0 Å². The van der Waals surface area contributed by atoms with Crippen LogP contribution in [0.3, 0.4) is 0 Å². The second kappa shape index (κ2) is 5.28. The molecule has 0 saturated carbocycles. The van der Waals surface area contributed by atoms with E-state index in [-0.39, 0.29) is 5.41 Å². The van der Waals surface area contributed by atoms with Crippen molar-refractivity contribution in [2.45, 2.75) is 10.3 Å².